The van der Waals surface area contributed by atoms with Crippen molar-refractivity contribution in [2.45, 2.75) is 51.8 Å². The molecule has 0 amide bonds. The Labute approximate surface area is 115 Å². The van der Waals surface area contributed by atoms with Crippen LogP contribution in [-0.4, -0.2) is 30.3 Å². The van der Waals surface area contributed by atoms with Gasteiger partial charge in [0.05, 0.1) is 6.10 Å². The van der Waals surface area contributed by atoms with E-state index < -0.39 is 0 Å². The summed E-state index contributed by atoms with van der Waals surface area (Å²) < 4.78 is 11.5. The summed E-state index contributed by atoms with van der Waals surface area (Å²) in [6.07, 6.45) is 5.49. The molecule has 1 aliphatic heterocycles. The third-order valence-electron chi connectivity index (χ3n) is 3.23. The smallest absolute Gasteiger partial charge is 0.217 e. The summed E-state index contributed by atoms with van der Waals surface area (Å²) in [6, 6.07) is 4.45. The van der Waals surface area contributed by atoms with Crippen molar-refractivity contribution >= 4 is 0 Å². The van der Waals surface area contributed by atoms with Crippen molar-refractivity contribution in [2.24, 2.45) is 0 Å². The van der Waals surface area contributed by atoms with Gasteiger partial charge in [0.1, 0.15) is 6.61 Å². The summed E-state index contributed by atoms with van der Waals surface area (Å²) in [7, 11) is 0. The highest BCUT2D eigenvalue weighted by Gasteiger charge is 2.15. The minimum absolute atomic E-state index is 0.224. The van der Waals surface area contributed by atoms with Gasteiger partial charge in [0.2, 0.25) is 5.88 Å². The van der Waals surface area contributed by atoms with E-state index >= 15 is 0 Å². The lowest BCUT2D eigenvalue weighted by Gasteiger charge is -2.23. The Hall–Kier alpha value is -1.13. The van der Waals surface area contributed by atoms with E-state index in [4.69, 9.17) is 9.47 Å². The fourth-order valence-electron chi connectivity index (χ4n) is 2.11. The van der Waals surface area contributed by atoms with E-state index in [2.05, 4.69) is 30.2 Å². The maximum absolute atomic E-state index is 5.83. The molecule has 1 saturated heterocycles. The first-order chi connectivity index (χ1) is 9.25. The quantitative estimate of drug-likeness (QED) is 0.857. The van der Waals surface area contributed by atoms with Crippen LogP contribution >= 0.6 is 0 Å². The van der Waals surface area contributed by atoms with Crippen molar-refractivity contribution in [3.8, 4) is 5.88 Å². The van der Waals surface area contributed by atoms with Crippen LogP contribution in [0.4, 0.5) is 0 Å². The first-order valence-electron chi connectivity index (χ1n) is 7.17. The van der Waals surface area contributed by atoms with E-state index in [-0.39, 0.29) is 6.10 Å². The van der Waals surface area contributed by atoms with Gasteiger partial charge < -0.3 is 14.8 Å². The molecule has 1 unspecified atom stereocenters. The van der Waals surface area contributed by atoms with Crippen LogP contribution in [-0.2, 0) is 11.3 Å². The lowest BCUT2D eigenvalue weighted by atomic mass is 10.1. The van der Waals surface area contributed by atoms with E-state index in [1.54, 1.807) is 6.20 Å². The summed E-state index contributed by atoms with van der Waals surface area (Å²) in [5.41, 5.74) is 1.10. The van der Waals surface area contributed by atoms with Gasteiger partial charge in [0, 0.05) is 31.0 Å². The molecule has 1 aromatic heterocycles. The molecular formula is C15H24N2O2. The Kier molecular flexibility index (Phi) is 5.61. The number of hydrogen-bond acceptors (Lipinski definition) is 4. The molecule has 1 N–H and O–H groups in total. The minimum Gasteiger partial charge on any atom is -0.475 e. The lowest BCUT2D eigenvalue weighted by Crippen LogP contribution is -2.27. The van der Waals surface area contributed by atoms with Gasteiger partial charge in [-0.2, -0.15) is 0 Å². The van der Waals surface area contributed by atoms with Crippen molar-refractivity contribution in [1.82, 2.24) is 10.3 Å². The van der Waals surface area contributed by atoms with Crippen molar-refractivity contribution < 1.29 is 9.47 Å². The third kappa shape index (κ3) is 4.80. The van der Waals surface area contributed by atoms with E-state index in [9.17, 15) is 0 Å². The summed E-state index contributed by atoms with van der Waals surface area (Å²) in [6.45, 7) is 6.51. The second-order valence-electron chi connectivity index (χ2n) is 5.30. The van der Waals surface area contributed by atoms with Gasteiger partial charge in [-0.15, -0.1) is 0 Å². The van der Waals surface area contributed by atoms with Crippen LogP contribution in [0.3, 0.4) is 0 Å². The SMILES string of the molecule is CC(C)NCc1cccnc1OCC1CCCCO1. The molecule has 1 aromatic rings. The second-order valence-corrected chi connectivity index (χ2v) is 5.30. The van der Waals surface area contributed by atoms with E-state index in [0.717, 1.165) is 31.0 Å². The number of nitrogens with one attached hydrogen (secondary N) is 1. The van der Waals surface area contributed by atoms with Gasteiger partial charge in [-0.25, -0.2) is 4.98 Å². The zero-order valence-electron chi connectivity index (χ0n) is 11.9. The number of aromatic nitrogens is 1. The van der Waals surface area contributed by atoms with Gasteiger partial charge in [-0.3, -0.25) is 0 Å². The van der Waals surface area contributed by atoms with Crippen molar-refractivity contribution in [2.75, 3.05) is 13.2 Å². The fourth-order valence-corrected chi connectivity index (χ4v) is 2.11. The molecule has 0 aromatic carbocycles. The molecule has 106 valence electrons. The van der Waals surface area contributed by atoms with Crippen molar-refractivity contribution in [3.05, 3.63) is 23.9 Å². The Morgan fingerprint density at radius 3 is 3.11 bits per heavy atom. The molecule has 1 aliphatic rings. The van der Waals surface area contributed by atoms with Crippen LogP contribution < -0.4 is 10.1 Å². The summed E-state index contributed by atoms with van der Waals surface area (Å²) >= 11 is 0. The first kappa shape index (κ1) is 14.3. The first-order valence-corrected chi connectivity index (χ1v) is 7.17. The predicted octanol–water partition coefficient (Wildman–Crippen LogP) is 2.53. The normalized spacial score (nSPS) is 19.6. The van der Waals surface area contributed by atoms with Crippen LogP contribution in [0.1, 0.15) is 38.7 Å². The second kappa shape index (κ2) is 7.46. The number of rotatable bonds is 6. The maximum Gasteiger partial charge on any atom is 0.217 e. The molecule has 1 fully saturated rings. The standard InChI is InChI=1S/C15H24N2O2/c1-12(2)17-10-13-6-5-8-16-15(13)19-11-14-7-3-4-9-18-14/h5-6,8,12,14,17H,3-4,7,9-11H2,1-2H3. The molecule has 0 spiro atoms. The molecule has 0 aliphatic carbocycles. The molecule has 0 saturated carbocycles. The molecule has 1 atom stereocenters. The van der Waals surface area contributed by atoms with Crippen LogP contribution in [0.5, 0.6) is 5.88 Å². The molecular weight excluding hydrogens is 240 g/mol. The Morgan fingerprint density at radius 1 is 1.47 bits per heavy atom. The number of ether oxygens (including phenoxy) is 2. The Morgan fingerprint density at radius 2 is 2.37 bits per heavy atom. The third-order valence-corrected chi connectivity index (χ3v) is 3.23. The largest absolute Gasteiger partial charge is 0.475 e. The highest BCUT2D eigenvalue weighted by molar-refractivity contribution is 5.25. The zero-order chi connectivity index (χ0) is 13.5. The molecule has 0 bridgehead atoms. The van der Waals surface area contributed by atoms with Crippen LogP contribution in [0, 0.1) is 0 Å². The van der Waals surface area contributed by atoms with Crippen LogP contribution in [0.2, 0.25) is 0 Å². The number of pyridine rings is 1. The fraction of sp³-hybridized carbons (Fsp3) is 0.667. The maximum atomic E-state index is 5.83. The van der Waals surface area contributed by atoms with Crippen LogP contribution in [0.25, 0.3) is 0 Å². The average molecular weight is 264 g/mol. The topological polar surface area (TPSA) is 43.4 Å². The molecule has 19 heavy (non-hydrogen) atoms. The monoisotopic (exact) mass is 264 g/mol. The Balaban J connectivity index is 1.87. The number of nitrogens with zero attached hydrogens (tertiary/aromatic N) is 1. The highest BCUT2D eigenvalue weighted by Crippen LogP contribution is 2.17. The van der Waals surface area contributed by atoms with Gasteiger partial charge >= 0.3 is 0 Å². The van der Waals surface area contributed by atoms with Crippen LogP contribution in [0.15, 0.2) is 18.3 Å². The number of hydrogen-bond donors (Lipinski definition) is 1. The minimum atomic E-state index is 0.224. The van der Waals surface area contributed by atoms with E-state index in [1.807, 2.05) is 6.07 Å². The highest BCUT2D eigenvalue weighted by atomic mass is 16.5. The van der Waals surface area contributed by atoms with E-state index in [0.29, 0.717) is 12.6 Å². The summed E-state index contributed by atoms with van der Waals surface area (Å²) in [4.78, 5) is 4.32. The molecule has 0 radical (unpaired) electrons. The van der Waals surface area contributed by atoms with Crippen molar-refractivity contribution in [3.63, 3.8) is 0 Å². The van der Waals surface area contributed by atoms with Gasteiger partial charge in [0.15, 0.2) is 0 Å². The average Bonchev–Trinajstić information content (AvgIpc) is 2.45. The van der Waals surface area contributed by atoms with E-state index in [1.165, 1.54) is 12.8 Å². The lowest BCUT2D eigenvalue weighted by molar-refractivity contribution is -0.0121. The summed E-state index contributed by atoms with van der Waals surface area (Å²) in [5.74, 6) is 0.727. The summed E-state index contributed by atoms with van der Waals surface area (Å²) in [5, 5.41) is 3.39. The molecule has 2 rings (SSSR count). The zero-order valence-corrected chi connectivity index (χ0v) is 11.9. The molecule has 2 heterocycles. The van der Waals surface area contributed by atoms with Gasteiger partial charge in [-0.05, 0) is 25.3 Å². The molecule has 4 heteroatoms. The van der Waals surface area contributed by atoms with Gasteiger partial charge in [-0.1, -0.05) is 19.9 Å². The molecule has 4 nitrogen and oxygen atoms in total. The van der Waals surface area contributed by atoms with Crippen molar-refractivity contribution in [1.29, 1.82) is 0 Å². The predicted molar refractivity (Wildman–Crippen MR) is 75.3 cm³/mol. The van der Waals surface area contributed by atoms with Gasteiger partial charge in [0.25, 0.3) is 0 Å². The Bertz CT molecular complexity index is 376.